The van der Waals surface area contributed by atoms with Crippen molar-refractivity contribution in [3.05, 3.63) is 63.4 Å². The van der Waals surface area contributed by atoms with Gasteiger partial charge in [0, 0.05) is 30.3 Å². The molecule has 0 aliphatic rings. The van der Waals surface area contributed by atoms with Gasteiger partial charge in [0.05, 0.1) is 23.8 Å². The Kier molecular flexibility index (Phi) is 7.90. The van der Waals surface area contributed by atoms with Crippen molar-refractivity contribution in [2.45, 2.75) is 25.0 Å². The number of benzene rings is 2. The Bertz CT molecular complexity index is 1100. The summed E-state index contributed by atoms with van der Waals surface area (Å²) in [6, 6.07) is 12.0. The minimum Gasteiger partial charge on any atom is -0.497 e. The summed E-state index contributed by atoms with van der Waals surface area (Å²) >= 11 is 7.32. The van der Waals surface area contributed by atoms with E-state index >= 15 is 0 Å². The number of aromatic nitrogens is 2. The maximum Gasteiger partial charge on any atom is 0.262 e. The lowest BCUT2D eigenvalue weighted by Crippen LogP contribution is -2.24. The van der Waals surface area contributed by atoms with E-state index in [1.54, 1.807) is 54.1 Å². The first-order valence-corrected chi connectivity index (χ1v) is 11.0. The van der Waals surface area contributed by atoms with Crippen molar-refractivity contribution in [2.75, 3.05) is 26.1 Å². The second-order valence-corrected chi connectivity index (χ2v) is 7.89. The van der Waals surface area contributed by atoms with Crippen LogP contribution in [-0.2, 0) is 11.3 Å². The second kappa shape index (κ2) is 10.6. The van der Waals surface area contributed by atoms with Crippen LogP contribution in [0.1, 0.15) is 23.7 Å². The van der Waals surface area contributed by atoms with E-state index in [1.807, 2.05) is 6.92 Å². The molecule has 0 atom stereocenters. The number of carbonyl (C=O) groups excluding carboxylic acids is 1. The molecule has 0 spiro atoms. The maximum absolute atomic E-state index is 13.0. The van der Waals surface area contributed by atoms with E-state index in [2.05, 4.69) is 4.98 Å². The number of carbonyl (C=O) groups is 1. The molecule has 1 aromatic heterocycles. The minimum absolute atomic E-state index is 0.0693. The van der Waals surface area contributed by atoms with Gasteiger partial charge < -0.3 is 9.47 Å². The Balaban J connectivity index is 1.87. The molecule has 3 rings (SSSR count). The van der Waals surface area contributed by atoms with Crippen LogP contribution in [0.3, 0.4) is 0 Å². The summed E-state index contributed by atoms with van der Waals surface area (Å²) < 4.78 is 12.2. The highest BCUT2D eigenvalue weighted by Gasteiger charge is 2.15. The number of rotatable bonds is 10. The summed E-state index contributed by atoms with van der Waals surface area (Å²) in [4.78, 5) is 30.3. The van der Waals surface area contributed by atoms with E-state index < -0.39 is 0 Å². The van der Waals surface area contributed by atoms with Gasteiger partial charge in [-0.05, 0) is 43.7 Å². The largest absolute Gasteiger partial charge is 0.497 e. The number of methoxy groups -OCH3 is 1. The Morgan fingerprint density at radius 3 is 2.83 bits per heavy atom. The molecule has 3 aromatic rings. The lowest BCUT2D eigenvalue weighted by Gasteiger charge is -2.13. The number of fused-ring (bicyclic) bond motifs is 1. The van der Waals surface area contributed by atoms with E-state index in [0.29, 0.717) is 58.6 Å². The molecule has 0 saturated carbocycles. The first-order chi connectivity index (χ1) is 14.5. The van der Waals surface area contributed by atoms with Crippen molar-refractivity contribution in [1.29, 1.82) is 0 Å². The fourth-order valence-corrected chi connectivity index (χ4v) is 4.05. The van der Waals surface area contributed by atoms with Crippen LogP contribution in [0.15, 0.2) is 52.4 Å². The van der Waals surface area contributed by atoms with Crippen LogP contribution in [0.5, 0.6) is 5.75 Å². The van der Waals surface area contributed by atoms with Crippen LogP contribution < -0.4 is 10.3 Å². The van der Waals surface area contributed by atoms with Crippen LogP contribution in [-0.4, -0.2) is 41.4 Å². The van der Waals surface area contributed by atoms with Gasteiger partial charge in [-0.25, -0.2) is 4.98 Å². The highest BCUT2D eigenvalue weighted by molar-refractivity contribution is 7.99. The number of thioether (sulfide) groups is 1. The zero-order valence-electron chi connectivity index (χ0n) is 16.9. The number of nitrogens with zero attached hydrogens (tertiary/aromatic N) is 2. The van der Waals surface area contributed by atoms with Gasteiger partial charge in [0.2, 0.25) is 0 Å². The summed E-state index contributed by atoms with van der Waals surface area (Å²) in [6.45, 7) is 3.56. The number of ether oxygens (including phenoxy) is 2. The van der Waals surface area contributed by atoms with Crippen LogP contribution in [0, 0.1) is 0 Å². The Labute approximate surface area is 184 Å². The molecule has 30 heavy (non-hydrogen) atoms. The smallest absolute Gasteiger partial charge is 0.262 e. The van der Waals surface area contributed by atoms with E-state index in [-0.39, 0.29) is 17.1 Å². The summed E-state index contributed by atoms with van der Waals surface area (Å²) in [5, 5.41) is 1.49. The van der Waals surface area contributed by atoms with Gasteiger partial charge in [-0.15, -0.1) is 0 Å². The molecular formula is C22H23ClN2O4S. The molecule has 0 N–H and O–H groups in total. The SMILES string of the molecule is CCOCCCn1c(SCC(=O)c2cccc(OC)c2)nc2cc(Cl)ccc2c1=O. The van der Waals surface area contributed by atoms with Gasteiger partial charge in [-0.2, -0.15) is 0 Å². The molecule has 0 unspecified atom stereocenters. The first kappa shape index (κ1) is 22.3. The average Bonchev–Trinajstić information content (AvgIpc) is 2.76. The van der Waals surface area contributed by atoms with Crippen molar-refractivity contribution in [3.8, 4) is 5.75 Å². The molecule has 0 bridgehead atoms. The third-order valence-corrected chi connectivity index (χ3v) is 5.69. The molecule has 158 valence electrons. The Hall–Kier alpha value is -2.35. The standard InChI is InChI=1S/C22H23ClN2O4S/c1-3-29-11-5-10-25-21(27)18-9-8-16(23)13-19(18)24-22(25)30-14-20(26)15-6-4-7-17(12-15)28-2/h4,6-9,12-13H,3,5,10-11,14H2,1-2H3. The van der Waals surface area contributed by atoms with Gasteiger partial charge in [0.25, 0.3) is 5.56 Å². The molecule has 0 saturated heterocycles. The number of hydrogen-bond acceptors (Lipinski definition) is 6. The zero-order chi connectivity index (χ0) is 21.5. The summed E-state index contributed by atoms with van der Waals surface area (Å²) in [6.07, 6.45) is 0.673. The van der Waals surface area contributed by atoms with Gasteiger partial charge in [0.15, 0.2) is 10.9 Å². The monoisotopic (exact) mass is 446 g/mol. The van der Waals surface area contributed by atoms with E-state index in [1.165, 1.54) is 11.8 Å². The topological polar surface area (TPSA) is 70.4 Å². The normalized spacial score (nSPS) is 11.0. The first-order valence-electron chi connectivity index (χ1n) is 9.61. The third kappa shape index (κ3) is 5.41. The molecule has 0 radical (unpaired) electrons. The van der Waals surface area contributed by atoms with Gasteiger partial charge in [-0.1, -0.05) is 35.5 Å². The molecule has 1 heterocycles. The van der Waals surface area contributed by atoms with Crippen LogP contribution >= 0.6 is 23.4 Å². The molecule has 8 heteroatoms. The average molecular weight is 447 g/mol. The number of halogens is 1. The second-order valence-electron chi connectivity index (χ2n) is 6.51. The van der Waals surface area contributed by atoms with Gasteiger partial charge in [-0.3, -0.25) is 14.2 Å². The maximum atomic E-state index is 13.0. The molecular weight excluding hydrogens is 424 g/mol. The van der Waals surface area contributed by atoms with Crippen LogP contribution in [0.4, 0.5) is 0 Å². The molecule has 0 fully saturated rings. The van der Waals surface area contributed by atoms with Gasteiger partial charge >= 0.3 is 0 Å². The quantitative estimate of drug-likeness (QED) is 0.198. The fraction of sp³-hybridized carbons (Fsp3) is 0.318. The van der Waals surface area contributed by atoms with Crippen LogP contribution in [0.25, 0.3) is 10.9 Å². The summed E-state index contributed by atoms with van der Waals surface area (Å²) in [7, 11) is 1.56. The van der Waals surface area contributed by atoms with Gasteiger partial charge in [0.1, 0.15) is 5.75 Å². The summed E-state index contributed by atoms with van der Waals surface area (Å²) in [5.74, 6) is 0.703. The van der Waals surface area contributed by atoms with Crippen LogP contribution in [0.2, 0.25) is 5.02 Å². The summed E-state index contributed by atoms with van der Waals surface area (Å²) in [5.41, 5.74) is 0.922. The zero-order valence-corrected chi connectivity index (χ0v) is 18.5. The van der Waals surface area contributed by atoms with E-state index in [9.17, 15) is 9.59 Å². The fourth-order valence-electron chi connectivity index (χ4n) is 2.96. The third-order valence-electron chi connectivity index (χ3n) is 4.48. The highest BCUT2D eigenvalue weighted by Crippen LogP contribution is 2.22. The van der Waals surface area contributed by atoms with E-state index in [0.717, 1.165) is 0 Å². The molecule has 6 nitrogen and oxygen atoms in total. The highest BCUT2D eigenvalue weighted by atomic mass is 35.5. The Morgan fingerprint density at radius 2 is 2.07 bits per heavy atom. The number of hydrogen-bond donors (Lipinski definition) is 0. The molecule has 0 aliphatic heterocycles. The predicted molar refractivity (Wildman–Crippen MR) is 120 cm³/mol. The van der Waals surface area contributed by atoms with Crippen molar-refractivity contribution < 1.29 is 14.3 Å². The number of Topliss-reactive ketones (excluding diaryl/α,β-unsaturated/α-hetero) is 1. The lowest BCUT2D eigenvalue weighted by atomic mass is 10.1. The Morgan fingerprint density at radius 1 is 1.23 bits per heavy atom. The predicted octanol–water partition coefficient (Wildman–Crippen LogP) is 4.46. The van der Waals surface area contributed by atoms with Crippen molar-refractivity contribution >= 4 is 40.0 Å². The molecule has 2 aromatic carbocycles. The molecule has 0 amide bonds. The number of ketones is 1. The van der Waals surface area contributed by atoms with E-state index in [4.69, 9.17) is 21.1 Å². The lowest BCUT2D eigenvalue weighted by molar-refractivity contribution is 0.102. The minimum atomic E-state index is -0.149. The van der Waals surface area contributed by atoms with Crippen molar-refractivity contribution in [1.82, 2.24) is 9.55 Å². The van der Waals surface area contributed by atoms with Crippen molar-refractivity contribution in [3.63, 3.8) is 0 Å². The van der Waals surface area contributed by atoms with Crippen molar-refractivity contribution in [2.24, 2.45) is 0 Å². The molecule has 0 aliphatic carbocycles.